The minimum atomic E-state index is -0.136. The van der Waals surface area contributed by atoms with E-state index in [0.29, 0.717) is 13.0 Å². The number of carbonyl (C=O) groups is 1. The van der Waals surface area contributed by atoms with Crippen LogP contribution in [0.1, 0.15) is 84.5 Å². The fourth-order valence-electron chi connectivity index (χ4n) is 2.10. The highest BCUT2D eigenvalue weighted by atomic mass is 16.5. The van der Waals surface area contributed by atoms with Gasteiger partial charge in [0.15, 0.2) is 0 Å². The van der Waals surface area contributed by atoms with E-state index in [4.69, 9.17) is 0 Å². The predicted molar refractivity (Wildman–Crippen MR) is 79.5 cm³/mol. The highest BCUT2D eigenvalue weighted by Gasteiger charge is 2.04. The van der Waals surface area contributed by atoms with Gasteiger partial charge in [0.25, 0.3) is 5.91 Å². The number of hydrogen-bond acceptors (Lipinski definition) is 2. The monoisotopic (exact) mass is 272 g/mol. The summed E-state index contributed by atoms with van der Waals surface area (Å²) >= 11 is 0. The Morgan fingerprint density at radius 1 is 0.895 bits per heavy atom. The molecule has 1 atom stereocenters. The van der Waals surface area contributed by atoms with Crippen molar-refractivity contribution in [1.82, 2.24) is 5.43 Å². The number of amides is 1. The van der Waals surface area contributed by atoms with Crippen molar-refractivity contribution in [3.63, 3.8) is 0 Å². The van der Waals surface area contributed by atoms with E-state index in [0.717, 1.165) is 19.3 Å². The zero-order chi connectivity index (χ0) is 14.3. The summed E-state index contributed by atoms with van der Waals surface area (Å²) in [7, 11) is 0. The van der Waals surface area contributed by atoms with Crippen LogP contribution in [0.3, 0.4) is 0 Å². The third-order valence-electron chi connectivity index (χ3n) is 3.26. The van der Waals surface area contributed by atoms with Crippen LogP contribution in [0.5, 0.6) is 0 Å². The van der Waals surface area contributed by atoms with Gasteiger partial charge in [-0.15, -0.1) is 0 Å². The first-order valence-electron chi connectivity index (χ1n) is 8.03. The second kappa shape index (κ2) is 13.8. The Morgan fingerprint density at radius 3 is 1.95 bits per heavy atom. The van der Waals surface area contributed by atoms with E-state index in [2.05, 4.69) is 12.3 Å². The second-order valence-corrected chi connectivity index (χ2v) is 5.30. The van der Waals surface area contributed by atoms with E-state index in [-0.39, 0.29) is 11.1 Å². The maximum absolute atomic E-state index is 11.4. The van der Waals surface area contributed by atoms with Crippen LogP contribution in [-0.4, -0.2) is 12.5 Å². The molecular formula is C15H32N2O2. The third kappa shape index (κ3) is 13.6. The molecule has 0 aliphatic carbocycles. The summed E-state index contributed by atoms with van der Waals surface area (Å²) < 4.78 is 0. The smallest absolute Gasteiger partial charge is 0.265 e. The number of hydroxylamine groups is 1. The standard InChI is InChI=1S/C15H32N2O2/c1-3-5-6-7-8-9-10-11-12-13-15(18)16-17(19)14-4-2/h17H,3-14H2,1-2H3,(H,16,18). The molecule has 0 saturated carbocycles. The molecule has 4 heteroatoms. The van der Waals surface area contributed by atoms with Crippen molar-refractivity contribution in [2.45, 2.75) is 84.5 Å². The molecule has 0 aliphatic rings. The summed E-state index contributed by atoms with van der Waals surface area (Å²) in [5.74, 6) is -0.110. The summed E-state index contributed by atoms with van der Waals surface area (Å²) in [6.45, 7) is 4.62. The molecule has 0 aromatic carbocycles. The number of nitrogens with one attached hydrogen (secondary N) is 2. The van der Waals surface area contributed by atoms with Crippen molar-refractivity contribution >= 4 is 5.91 Å². The molecule has 0 aromatic rings. The molecule has 0 spiro atoms. The quantitative estimate of drug-likeness (QED) is 0.400. The molecule has 1 amide bonds. The van der Waals surface area contributed by atoms with Crippen molar-refractivity contribution in [2.75, 3.05) is 6.54 Å². The highest BCUT2D eigenvalue weighted by molar-refractivity contribution is 5.74. The lowest BCUT2D eigenvalue weighted by Crippen LogP contribution is -3.14. The number of unbranched alkanes of at least 4 members (excludes halogenated alkanes) is 8. The van der Waals surface area contributed by atoms with E-state index in [1.54, 1.807) is 0 Å². The second-order valence-electron chi connectivity index (χ2n) is 5.30. The molecule has 1 unspecified atom stereocenters. The van der Waals surface area contributed by atoms with E-state index < -0.39 is 0 Å². The highest BCUT2D eigenvalue weighted by Crippen LogP contribution is 2.10. The molecular weight excluding hydrogens is 240 g/mol. The SMILES string of the molecule is CCCCCCCCCCCC(=O)N[NH+]([O-])CCC. The van der Waals surface area contributed by atoms with Gasteiger partial charge in [0.05, 0.1) is 6.54 Å². The Morgan fingerprint density at radius 2 is 1.42 bits per heavy atom. The molecule has 4 nitrogen and oxygen atoms in total. The average molecular weight is 272 g/mol. The topological polar surface area (TPSA) is 56.6 Å². The fourth-order valence-corrected chi connectivity index (χ4v) is 2.10. The van der Waals surface area contributed by atoms with Gasteiger partial charge in [-0.25, -0.2) is 5.43 Å². The molecule has 0 aromatic heterocycles. The Kier molecular flexibility index (Phi) is 13.4. The fraction of sp³-hybridized carbons (Fsp3) is 0.933. The number of quaternary nitrogens is 1. The van der Waals surface area contributed by atoms with Gasteiger partial charge in [0, 0.05) is 6.42 Å². The predicted octanol–water partition coefficient (Wildman–Crippen LogP) is 2.73. The number of hydrogen-bond donors (Lipinski definition) is 2. The Balaban J connectivity index is 3.23. The first-order valence-corrected chi connectivity index (χ1v) is 8.03. The van der Waals surface area contributed by atoms with Crippen LogP contribution in [0.2, 0.25) is 0 Å². The molecule has 0 saturated heterocycles. The van der Waals surface area contributed by atoms with E-state index in [1.165, 1.54) is 44.9 Å². The Labute approximate surface area is 118 Å². The minimum absolute atomic E-state index is 0.110. The van der Waals surface area contributed by atoms with Crippen molar-refractivity contribution in [3.8, 4) is 0 Å². The van der Waals surface area contributed by atoms with Crippen LogP contribution in [0, 0.1) is 5.21 Å². The van der Waals surface area contributed by atoms with Crippen LogP contribution >= 0.6 is 0 Å². The number of rotatable bonds is 13. The summed E-state index contributed by atoms with van der Waals surface area (Å²) in [6.07, 6.45) is 12.4. The van der Waals surface area contributed by atoms with Gasteiger partial charge < -0.3 is 5.21 Å². The van der Waals surface area contributed by atoms with Gasteiger partial charge in [-0.1, -0.05) is 65.2 Å². The van der Waals surface area contributed by atoms with Crippen molar-refractivity contribution in [1.29, 1.82) is 0 Å². The molecule has 2 N–H and O–H groups in total. The maximum atomic E-state index is 11.4. The van der Waals surface area contributed by atoms with E-state index in [1.807, 2.05) is 6.92 Å². The molecule has 0 bridgehead atoms. The molecule has 19 heavy (non-hydrogen) atoms. The summed E-state index contributed by atoms with van der Waals surface area (Å²) in [5.41, 5.74) is 2.43. The molecule has 0 aliphatic heterocycles. The average Bonchev–Trinajstić information content (AvgIpc) is 2.37. The van der Waals surface area contributed by atoms with Gasteiger partial charge in [-0.3, -0.25) is 9.97 Å². The lowest BCUT2D eigenvalue weighted by atomic mass is 10.1. The zero-order valence-electron chi connectivity index (χ0n) is 12.8. The van der Waals surface area contributed by atoms with Crippen molar-refractivity contribution in [3.05, 3.63) is 5.21 Å². The lowest BCUT2D eigenvalue weighted by Gasteiger charge is -2.20. The van der Waals surface area contributed by atoms with Crippen LogP contribution < -0.4 is 10.6 Å². The van der Waals surface area contributed by atoms with Gasteiger partial charge >= 0.3 is 0 Å². The molecule has 0 radical (unpaired) electrons. The molecule has 114 valence electrons. The minimum Gasteiger partial charge on any atom is -0.608 e. The van der Waals surface area contributed by atoms with Crippen molar-refractivity contribution in [2.24, 2.45) is 0 Å². The lowest BCUT2D eigenvalue weighted by molar-refractivity contribution is -0.886. The summed E-state index contributed by atoms with van der Waals surface area (Å²) in [5, 5.41) is 11.0. The Hall–Kier alpha value is -0.610. The van der Waals surface area contributed by atoms with E-state index in [9.17, 15) is 10.0 Å². The van der Waals surface area contributed by atoms with Crippen LogP contribution in [0.25, 0.3) is 0 Å². The van der Waals surface area contributed by atoms with Crippen molar-refractivity contribution < 1.29 is 9.97 Å². The third-order valence-corrected chi connectivity index (χ3v) is 3.26. The van der Waals surface area contributed by atoms with Gasteiger partial charge in [0.2, 0.25) is 0 Å². The number of carbonyl (C=O) groups excluding carboxylic acids is 1. The molecule has 0 fully saturated rings. The van der Waals surface area contributed by atoms with Gasteiger partial charge in [-0.2, -0.15) is 0 Å². The van der Waals surface area contributed by atoms with E-state index >= 15 is 0 Å². The summed E-state index contributed by atoms with van der Waals surface area (Å²) in [4.78, 5) is 11.4. The zero-order valence-corrected chi connectivity index (χ0v) is 12.8. The molecule has 0 heterocycles. The summed E-state index contributed by atoms with van der Waals surface area (Å²) in [6, 6.07) is 0. The molecule has 0 rings (SSSR count). The first-order chi connectivity index (χ1) is 9.20. The van der Waals surface area contributed by atoms with Gasteiger partial charge in [-0.05, 0) is 12.8 Å². The largest absolute Gasteiger partial charge is 0.608 e. The normalized spacial score (nSPS) is 12.4. The van der Waals surface area contributed by atoms with Crippen LogP contribution in [0.15, 0.2) is 0 Å². The van der Waals surface area contributed by atoms with Crippen LogP contribution in [-0.2, 0) is 4.79 Å². The van der Waals surface area contributed by atoms with Gasteiger partial charge in [0.1, 0.15) is 0 Å². The Bertz CT molecular complexity index is 210. The maximum Gasteiger partial charge on any atom is 0.265 e. The van der Waals surface area contributed by atoms with Crippen LogP contribution in [0.4, 0.5) is 0 Å². The first kappa shape index (κ1) is 18.4.